The first-order chi connectivity index (χ1) is 17.9. The highest BCUT2D eigenvalue weighted by Crippen LogP contribution is 2.50. The van der Waals surface area contributed by atoms with E-state index in [0.717, 1.165) is 0 Å². The second kappa shape index (κ2) is 11.2. The molecule has 206 valence electrons. The zero-order chi connectivity index (χ0) is 27.7. The van der Waals surface area contributed by atoms with E-state index >= 15 is 4.39 Å². The first-order valence-corrected chi connectivity index (χ1v) is 13.9. The Bertz CT molecular complexity index is 1330. The van der Waals surface area contributed by atoms with E-state index in [0.29, 0.717) is 0 Å². The van der Waals surface area contributed by atoms with Crippen molar-refractivity contribution in [2.24, 2.45) is 0 Å². The monoisotopic (exact) mass is 616 g/mol. The molecule has 0 aliphatic carbocycles. The van der Waals surface area contributed by atoms with Gasteiger partial charge in [-0.3, -0.25) is 13.9 Å². The van der Waals surface area contributed by atoms with Gasteiger partial charge < -0.3 is 24.8 Å². The molecule has 1 fully saturated rings. The Labute approximate surface area is 225 Å². The average molecular weight is 617 g/mol. The number of anilines is 1. The van der Waals surface area contributed by atoms with Gasteiger partial charge in [-0.05, 0) is 48.8 Å². The van der Waals surface area contributed by atoms with Crippen LogP contribution in [0.25, 0.3) is 11.2 Å². The highest BCUT2D eigenvalue weighted by atomic mass is 79.9. The van der Waals surface area contributed by atoms with Crippen molar-refractivity contribution in [1.29, 1.82) is 0 Å². The van der Waals surface area contributed by atoms with Crippen molar-refractivity contribution in [3.63, 3.8) is 0 Å². The van der Waals surface area contributed by atoms with Crippen LogP contribution in [0.4, 0.5) is 10.2 Å². The number of halogens is 2. The van der Waals surface area contributed by atoms with Gasteiger partial charge in [0, 0.05) is 0 Å². The summed E-state index contributed by atoms with van der Waals surface area (Å²) in [5.41, 5.74) is 6.21. The van der Waals surface area contributed by atoms with Crippen LogP contribution in [0.15, 0.2) is 43.0 Å². The molecule has 3 heterocycles. The first-order valence-electron chi connectivity index (χ1n) is 11.5. The third kappa shape index (κ3) is 5.98. The number of hydrogen-bond donors (Lipinski definition) is 3. The number of fused-ring (bicyclic) bond motifs is 1. The molecule has 2 aromatic heterocycles. The molecule has 1 aliphatic heterocycles. The number of aromatic nitrogens is 4. The summed E-state index contributed by atoms with van der Waals surface area (Å²) in [7, 11) is -4.28. The van der Waals surface area contributed by atoms with Crippen LogP contribution in [0.5, 0.6) is 5.75 Å². The van der Waals surface area contributed by atoms with Crippen LogP contribution in [-0.4, -0.2) is 66.1 Å². The maximum Gasteiger partial charge on any atom is 0.459 e. The first kappa shape index (κ1) is 28.3. The Kier molecular flexibility index (Phi) is 8.35. The van der Waals surface area contributed by atoms with E-state index in [4.69, 9.17) is 24.3 Å². The summed E-state index contributed by atoms with van der Waals surface area (Å²) in [6, 6.07) is 7.01. The number of hydrogen-bond acceptors (Lipinski definition) is 11. The van der Waals surface area contributed by atoms with E-state index in [1.807, 2.05) is 0 Å². The Morgan fingerprint density at radius 1 is 1.32 bits per heavy atom. The lowest BCUT2D eigenvalue weighted by Crippen LogP contribution is -2.39. The summed E-state index contributed by atoms with van der Waals surface area (Å²) < 4.78 is 50.1. The molecule has 38 heavy (non-hydrogen) atoms. The molecule has 1 saturated heterocycles. The highest BCUT2D eigenvalue weighted by molar-refractivity contribution is 9.10. The molecule has 1 unspecified atom stereocenters. The van der Waals surface area contributed by atoms with Crippen molar-refractivity contribution >= 4 is 46.6 Å². The Morgan fingerprint density at radius 3 is 2.71 bits per heavy atom. The van der Waals surface area contributed by atoms with Crippen molar-refractivity contribution < 1.29 is 37.4 Å². The second-order valence-electron chi connectivity index (χ2n) is 8.76. The van der Waals surface area contributed by atoms with E-state index in [2.05, 4.69) is 36.0 Å². The van der Waals surface area contributed by atoms with Crippen molar-refractivity contribution in [1.82, 2.24) is 24.6 Å². The average Bonchev–Trinajstić information content (AvgIpc) is 3.37. The zero-order valence-corrected chi connectivity index (χ0v) is 23.1. The molecule has 16 heteroatoms. The summed E-state index contributed by atoms with van der Waals surface area (Å²) >= 11 is 2.90. The molecular formula is C22H27BrFN6O7P. The predicted molar refractivity (Wildman–Crippen MR) is 137 cm³/mol. The number of alkyl halides is 2. The zero-order valence-electron chi connectivity index (χ0n) is 20.6. The number of para-hydroxylation sites is 1. The number of carbonyl (C=O) groups excluding carboxylic acids is 1. The molecule has 0 amide bonds. The van der Waals surface area contributed by atoms with Gasteiger partial charge >= 0.3 is 13.7 Å². The van der Waals surface area contributed by atoms with Crippen molar-refractivity contribution in [2.75, 3.05) is 12.3 Å². The lowest BCUT2D eigenvalue weighted by Gasteiger charge is -2.25. The van der Waals surface area contributed by atoms with E-state index in [1.165, 1.54) is 36.3 Å². The van der Waals surface area contributed by atoms with Crippen molar-refractivity contribution in [2.45, 2.75) is 55.9 Å². The maximum absolute atomic E-state index is 15.7. The van der Waals surface area contributed by atoms with Crippen molar-refractivity contribution in [3.8, 4) is 5.75 Å². The molecule has 0 spiro atoms. The number of rotatable bonds is 10. The lowest BCUT2D eigenvalue weighted by atomic mass is 10.1. The van der Waals surface area contributed by atoms with Crippen LogP contribution in [-0.2, 0) is 23.4 Å². The number of aliphatic hydroxyl groups is 1. The van der Waals surface area contributed by atoms with Crippen LogP contribution < -0.4 is 15.3 Å². The number of aliphatic hydroxyl groups excluding tert-OH is 1. The topological polar surface area (TPSA) is 173 Å². The standard InChI is InChI=1S/C22H27BrFN6O7P/c1-12(2)35-20(32)13(3)29-38(33,37-14-7-5-4-6-8-14)34-9-15-17(31)22(23,24)21(36-15)30-11-28-16-18(25)26-10-27-19(16)30/h4-8,10-13,15,17,21,31H,9H2,1-3H3,(H,29,33)(H2,25,26,27)/t13-,15+,17-,21+,22-,38?/m0/s1. The molecule has 13 nitrogen and oxygen atoms in total. The lowest BCUT2D eigenvalue weighted by molar-refractivity contribution is -0.149. The van der Waals surface area contributed by atoms with Crippen LogP contribution >= 0.6 is 23.7 Å². The van der Waals surface area contributed by atoms with E-state index < -0.39 is 55.5 Å². The Balaban J connectivity index is 1.54. The maximum atomic E-state index is 15.7. The molecule has 1 aliphatic rings. The number of nitrogens with one attached hydrogen (secondary N) is 1. The summed E-state index contributed by atoms with van der Waals surface area (Å²) in [5, 5.41) is 13.2. The highest BCUT2D eigenvalue weighted by Gasteiger charge is 2.57. The number of benzene rings is 1. The van der Waals surface area contributed by atoms with E-state index in [1.54, 1.807) is 32.0 Å². The van der Waals surface area contributed by atoms with Crippen LogP contribution in [0.2, 0.25) is 0 Å². The molecule has 0 bridgehead atoms. The molecular weight excluding hydrogens is 590 g/mol. The number of nitrogens with zero attached hydrogens (tertiary/aromatic N) is 4. The summed E-state index contributed by atoms with van der Waals surface area (Å²) in [4.78, 5) is 24.3. The van der Waals surface area contributed by atoms with E-state index in [-0.39, 0.29) is 22.7 Å². The Hall–Kier alpha value is -2.68. The van der Waals surface area contributed by atoms with Crippen molar-refractivity contribution in [3.05, 3.63) is 43.0 Å². The molecule has 1 aromatic carbocycles. The van der Waals surface area contributed by atoms with Gasteiger partial charge in [-0.25, -0.2) is 23.9 Å². The third-order valence-corrected chi connectivity index (χ3v) is 7.96. The number of esters is 1. The van der Waals surface area contributed by atoms with Crippen LogP contribution in [0.1, 0.15) is 27.0 Å². The fourth-order valence-electron chi connectivity index (χ4n) is 3.65. The van der Waals surface area contributed by atoms with Gasteiger partial charge in [-0.15, -0.1) is 0 Å². The second-order valence-corrected chi connectivity index (χ2v) is 11.7. The molecule has 4 rings (SSSR count). The van der Waals surface area contributed by atoms with Gasteiger partial charge in [0.15, 0.2) is 17.7 Å². The summed E-state index contributed by atoms with van der Waals surface area (Å²) in [6.07, 6.45) is -2.53. The van der Waals surface area contributed by atoms with Gasteiger partial charge in [0.25, 0.3) is 0 Å². The number of carbonyl (C=O) groups is 1. The third-order valence-electron chi connectivity index (χ3n) is 5.45. The molecule has 3 aromatic rings. The Morgan fingerprint density at radius 2 is 2.03 bits per heavy atom. The number of ether oxygens (including phenoxy) is 2. The molecule has 4 N–H and O–H groups in total. The largest absolute Gasteiger partial charge is 0.462 e. The SMILES string of the molecule is CC(C)OC(=O)[C@H](C)NP(=O)(OC[C@H]1O[C@@H](n2cnc3c(N)ncnc32)[C@](F)(Br)[C@H]1O)Oc1ccccc1. The van der Waals surface area contributed by atoms with Gasteiger partial charge in [0.1, 0.15) is 35.8 Å². The minimum Gasteiger partial charge on any atom is -0.462 e. The number of imidazole rings is 1. The summed E-state index contributed by atoms with van der Waals surface area (Å²) in [5.74, 6) is -0.420. The molecule has 0 saturated carbocycles. The van der Waals surface area contributed by atoms with Crippen LogP contribution in [0.3, 0.4) is 0 Å². The minimum atomic E-state index is -4.28. The molecule has 6 atom stereocenters. The molecule has 0 radical (unpaired) electrons. The predicted octanol–water partition coefficient (Wildman–Crippen LogP) is 2.86. The quantitative estimate of drug-likeness (QED) is 0.173. The normalized spacial score (nSPS) is 25.8. The van der Waals surface area contributed by atoms with Gasteiger partial charge in [0.05, 0.1) is 19.0 Å². The van der Waals surface area contributed by atoms with Gasteiger partial charge in [-0.2, -0.15) is 5.09 Å². The fourth-order valence-corrected chi connectivity index (χ4v) is 5.78. The minimum absolute atomic E-state index is 0.0846. The van der Waals surface area contributed by atoms with Gasteiger partial charge in [0.2, 0.25) is 4.58 Å². The smallest absolute Gasteiger partial charge is 0.459 e. The summed E-state index contributed by atoms with van der Waals surface area (Å²) in [6.45, 7) is 4.18. The van der Waals surface area contributed by atoms with E-state index in [9.17, 15) is 14.5 Å². The number of nitrogen functional groups attached to an aromatic ring is 1. The number of nitrogens with two attached hydrogens (primary N) is 1. The fraction of sp³-hybridized carbons (Fsp3) is 0.455. The van der Waals surface area contributed by atoms with Gasteiger partial charge in [-0.1, -0.05) is 18.2 Å². The van der Waals surface area contributed by atoms with Crippen LogP contribution in [0, 0.1) is 0 Å².